The van der Waals surface area contributed by atoms with Crippen molar-refractivity contribution in [2.24, 2.45) is 0 Å². The van der Waals surface area contributed by atoms with Crippen LogP contribution in [0.25, 0.3) is 5.57 Å². The lowest BCUT2D eigenvalue weighted by Crippen LogP contribution is -2.31. The predicted octanol–water partition coefficient (Wildman–Crippen LogP) is 5.13. The van der Waals surface area contributed by atoms with Crippen LogP contribution >= 0.6 is 11.8 Å². The van der Waals surface area contributed by atoms with Gasteiger partial charge in [-0.05, 0) is 35.9 Å². The van der Waals surface area contributed by atoms with Gasteiger partial charge in [-0.25, -0.2) is 26.7 Å². The summed E-state index contributed by atoms with van der Waals surface area (Å²) in [5.74, 6) is -14.4. The number of benzene rings is 2. The normalized spacial score (nSPS) is 10.6. The van der Waals surface area contributed by atoms with E-state index < -0.39 is 46.5 Å². The number of allylic oxidation sites excluding steroid dienone is 1. The molecule has 0 fully saturated rings. The Labute approximate surface area is 173 Å². The maximum absolute atomic E-state index is 13.7. The average Bonchev–Trinajstić information content (AvgIpc) is 2.74. The Kier molecular flexibility index (Phi) is 7.60. The summed E-state index contributed by atoms with van der Waals surface area (Å²) < 4.78 is 66.8. The standard InChI is InChI=1S/C20H16F5NO3S/c1-10(11-5-7-12(30-3)8-6-11)4-9-13(27)26(2)29-20(28)14-15(21)17(23)19(25)18(24)16(14)22/h5-8H,1,4,9H2,2-3H3. The van der Waals surface area contributed by atoms with Gasteiger partial charge in [-0.3, -0.25) is 4.79 Å². The van der Waals surface area contributed by atoms with Crippen LogP contribution in [-0.4, -0.2) is 30.2 Å². The van der Waals surface area contributed by atoms with E-state index in [0.29, 0.717) is 10.6 Å². The smallest absolute Gasteiger partial charge is 0.333 e. The topological polar surface area (TPSA) is 46.6 Å². The summed E-state index contributed by atoms with van der Waals surface area (Å²) in [4.78, 5) is 29.5. The van der Waals surface area contributed by atoms with Crippen molar-refractivity contribution in [3.8, 4) is 0 Å². The van der Waals surface area contributed by atoms with Crippen LogP contribution in [0.4, 0.5) is 22.0 Å². The minimum atomic E-state index is -2.41. The van der Waals surface area contributed by atoms with Gasteiger partial charge in [0.15, 0.2) is 23.3 Å². The molecule has 0 spiro atoms. The number of rotatable bonds is 6. The van der Waals surface area contributed by atoms with Gasteiger partial charge in [0.2, 0.25) is 5.82 Å². The summed E-state index contributed by atoms with van der Waals surface area (Å²) in [5.41, 5.74) is -0.374. The van der Waals surface area contributed by atoms with E-state index in [1.165, 1.54) is 0 Å². The Morgan fingerprint density at radius 1 is 0.933 bits per heavy atom. The van der Waals surface area contributed by atoms with Gasteiger partial charge in [-0.15, -0.1) is 11.8 Å². The number of carbonyl (C=O) groups is 2. The fourth-order valence-electron chi connectivity index (χ4n) is 2.39. The van der Waals surface area contributed by atoms with Gasteiger partial charge >= 0.3 is 5.97 Å². The Balaban J connectivity index is 2.02. The number of carbonyl (C=O) groups excluding carboxylic acids is 2. The molecule has 30 heavy (non-hydrogen) atoms. The third kappa shape index (κ3) is 4.99. The van der Waals surface area contributed by atoms with Gasteiger partial charge in [0.05, 0.1) is 0 Å². The molecule has 0 radical (unpaired) electrons. The molecule has 0 unspecified atom stereocenters. The van der Waals surface area contributed by atoms with E-state index in [-0.39, 0.29) is 12.8 Å². The average molecular weight is 445 g/mol. The molecule has 10 heteroatoms. The van der Waals surface area contributed by atoms with Crippen molar-refractivity contribution in [1.29, 1.82) is 0 Å². The number of hydrogen-bond acceptors (Lipinski definition) is 4. The number of amides is 1. The van der Waals surface area contributed by atoms with Gasteiger partial charge < -0.3 is 4.84 Å². The molecular formula is C20H16F5NO3S. The number of thioether (sulfide) groups is 1. The number of hydrogen-bond donors (Lipinski definition) is 0. The minimum absolute atomic E-state index is 0.177. The Bertz CT molecular complexity index is 966. The second kappa shape index (κ2) is 9.75. The maximum atomic E-state index is 13.7. The molecule has 0 aromatic heterocycles. The molecule has 4 nitrogen and oxygen atoms in total. The van der Waals surface area contributed by atoms with Gasteiger partial charge in [-0.1, -0.05) is 18.7 Å². The first-order valence-electron chi connectivity index (χ1n) is 8.41. The van der Waals surface area contributed by atoms with E-state index >= 15 is 0 Å². The molecule has 2 rings (SSSR count). The van der Waals surface area contributed by atoms with Crippen LogP contribution in [0, 0.1) is 29.1 Å². The van der Waals surface area contributed by atoms with Crippen molar-refractivity contribution < 1.29 is 36.4 Å². The van der Waals surface area contributed by atoms with E-state index in [9.17, 15) is 31.5 Å². The van der Waals surface area contributed by atoms with Crippen LogP contribution < -0.4 is 0 Å². The number of hydroxylamine groups is 2. The molecule has 0 aliphatic heterocycles. The van der Waals surface area contributed by atoms with Crippen LogP contribution in [0.1, 0.15) is 28.8 Å². The molecule has 1 amide bonds. The first kappa shape index (κ1) is 23.4. The first-order chi connectivity index (χ1) is 14.1. The molecule has 2 aromatic rings. The predicted molar refractivity (Wildman–Crippen MR) is 101 cm³/mol. The van der Waals surface area contributed by atoms with Crippen molar-refractivity contribution >= 4 is 29.2 Å². The summed E-state index contributed by atoms with van der Waals surface area (Å²) in [5, 5.41) is 0.366. The monoisotopic (exact) mass is 445 g/mol. The van der Waals surface area contributed by atoms with E-state index in [4.69, 9.17) is 0 Å². The van der Waals surface area contributed by atoms with Crippen LogP contribution in [0.3, 0.4) is 0 Å². The molecule has 0 heterocycles. The lowest BCUT2D eigenvalue weighted by Gasteiger charge is -2.17. The molecule has 0 saturated carbocycles. The van der Waals surface area contributed by atoms with Crippen molar-refractivity contribution in [1.82, 2.24) is 5.06 Å². The number of nitrogens with zero attached hydrogens (tertiary/aromatic N) is 1. The summed E-state index contributed by atoms with van der Waals surface area (Å²) in [7, 11) is 0.975. The highest BCUT2D eigenvalue weighted by Crippen LogP contribution is 2.25. The molecule has 160 valence electrons. The van der Waals surface area contributed by atoms with Crippen molar-refractivity contribution in [3.05, 3.63) is 71.1 Å². The summed E-state index contributed by atoms with van der Waals surface area (Å²) >= 11 is 1.56. The van der Waals surface area contributed by atoms with Crippen molar-refractivity contribution in [3.63, 3.8) is 0 Å². The zero-order valence-corrected chi connectivity index (χ0v) is 16.7. The Hall–Kier alpha value is -2.88. The van der Waals surface area contributed by atoms with Gasteiger partial charge in [0.1, 0.15) is 5.56 Å². The fourth-order valence-corrected chi connectivity index (χ4v) is 2.80. The lowest BCUT2D eigenvalue weighted by molar-refractivity contribution is -0.161. The Morgan fingerprint density at radius 2 is 1.43 bits per heavy atom. The third-order valence-electron chi connectivity index (χ3n) is 4.12. The van der Waals surface area contributed by atoms with Crippen molar-refractivity contribution in [2.75, 3.05) is 13.3 Å². The van der Waals surface area contributed by atoms with E-state index in [1.54, 1.807) is 11.8 Å². The third-order valence-corrected chi connectivity index (χ3v) is 4.87. The van der Waals surface area contributed by atoms with E-state index in [2.05, 4.69) is 11.4 Å². The highest BCUT2D eigenvalue weighted by molar-refractivity contribution is 7.98. The molecule has 0 aliphatic carbocycles. The summed E-state index contributed by atoms with van der Waals surface area (Å²) in [6.07, 6.45) is 1.93. The van der Waals surface area contributed by atoms with Crippen LogP contribution in [0.15, 0.2) is 35.7 Å². The first-order valence-corrected chi connectivity index (χ1v) is 9.63. The molecule has 0 saturated heterocycles. The fraction of sp³-hybridized carbons (Fsp3) is 0.200. The zero-order chi connectivity index (χ0) is 22.6. The second-order valence-electron chi connectivity index (χ2n) is 6.05. The van der Waals surface area contributed by atoms with Crippen LogP contribution in [0.5, 0.6) is 0 Å². The van der Waals surface area contributed by atoms with Crippen LogP contribution in [-0.2, 0) is 9.63 Å². The number of halogens is 5. The molecule has 2 aromatic carbocycles. The second-order valence-corrected chi connectivity index (χ2v) is 6.93. The summed E-state index contributed by atoms with van der Waals surface area (Å²) in [6.45, 7) is 3.87. The molecule has 0 atom stereocenters. The van der Waals surface area contributed by atoms with E-state index in [0.717, 1.165) is 17.5 Å². The van der Waals surface area contributed by atoms with Gasteiger partial charge in [0, 0.05) is 18.4 Å². The molecule has 0 aliphatic rings. The quantitative estimate of drug-likeness (QED) is 0.203. The zero-order valence-electron chi connectivity index (χ0n) is 15.9. The molecule has 0 bridgehead atoms. The largest absolute Gasteiger partial charge is 0.369 e. The summed E-state index contributed by atoms with van der Waals surface area (Å²) in [6, 6.07) is 7.41. The molecule has 0 N–H and O–H groups in total. The van der Waals surface area contributed by atoms with E-state index in [1.807, 2.05) is 30.5 Å². The molecular weight excluding hydrogens is 429 g/mol. The van der Waals surface area contributed by atoms with Gasteiger partial charge in [-0.2, -0.15) is 5.06 Å². The maximum Gasteiger partial charge on any atom is 0.369 e. The minimum Gasteiger partial charge on any atom is -0.333 e. The van der Waals surface area contributed by atoms with Crippen molar-refractivity contribution in [2.45, 2.75) is 17.7 Å². The SMILES string of the molecule is C=C(CCC(=O)N(C)OC(=O)c1c(F)c(F)c(F)c(F)c1F)c1ccc(SC)cc1. The van der Waals surface area contributed by atoms with Gasteiger partial charge in [0.25, 0.3) is 5.91 Å². The highest BCUT2D eigenvalue weighted by atomic mass is 32.2. The van der Waals surface area contributed by atoms with Crippen LogP contribution in [0.2, 0.25) is 0 Å². The highest BCUT2D eigenvalue weighted by Gasteiger charge is 2.32. The lowest BCUT2D eigenvalue weighted by atomic mass is 10.0. The Morgan fingerprint density at radius 3 is 1.93 bits per heavy atom.